The smallest absolute Gasteiger partial charge is 0.230 e. The molecule has 0 saturated carbocycles. The lowest BCUT2D eigenvalue weighted by atomic mass is 9.86. The average molecular weight is 351 g/mol. The van der Waals surface area contributed by atoms with E-state index in [9.17, 15) is 9.90 Å². The Kier molecular flexibility index (Phi) is 6.45. The fourth-order valence-electron chi connectivity index (χ4n) is 3.99. The van der Waals surface area contributed by atoms with Crippen molar-refractivity contribution in [2.45, 2.75) is 44.6 Å². The van der Waals surface area contributed by atoms with Crippen LogP contribution in [0, 0.1) is 5.92 Å². The quantitative estimate of drug-likeness (QED) is 0.830. The monoisotopic (exact) mass is 351 g/mol. The number of piperidine rings is 1. The minimum atomic E-state index is -0.436. The predicted molar refractivity (Wildman–Crippen MR) is 105 cm³/mol. The predicted octanol–water partition coefficient (Wildman–Crippen LogP) is 4.54. The van der Waals surface area contributed by atoms with Gasteiger partial charge in [-0.25, -0.2) is 0 Å². The number of aliphatic hydroxyl groups is 1. The molecule has 1 N–H and O–H groups in total. The molecule has 3 heteroatoms. The Balaban J connectivity index is 1.62. The number of carbonyl (C=O) groups excluding carboxylic acids is 1. The Bertz CT molecular complexity index is 678. The van der Waals surface area contributed by atoms with E-state index < -0.39 is 6.10 Å². The number of hydrogen-bond donors (Lipinski definition) is 1. The first-order chi connectivity index (χ1) is 12.7. The molecular formula is C23H29NO2. The third-order valence-corrected chi connectivity index (χ3v) is 5.52. The molecular weight excluding hydrogens is 322 g/mol. The molecule has 2 atom stereocenters. The Labute approximate surface area is 156 Å². The van der Waals surface area contributed by atoms with E-state index in [1.807, 2.05) is 53.4 Å². The first-order valence-corrected chi connectivity index (χ1v) is 9.77. The summed E-state index contributed by atoms with van der Waals surface area (Å²) in [6, 6.07) is 20.0. The molecule has 1 fully saturated rings. The van der Waals surface area contributed by atoms with Gasteiger partial charge in [0.15, 0.2) is 0 Å². The lowest BCUT2D eigenvalue weighted by molar-refractivity contribution is -0.135. The van der Waals surface area contributed by atoms with Crippen molar-refractivity contribution in [1.82, 2.24) is 4.90 Å². The number of benzene rings is 2. The van der Waals surface area contributed by atoms with Gasteiger partial charge >= 0.3 is 0 Å². The highest BCUT2D eigenvalue weighted by Gasteiger charge is 2.31. The van der Waals surface area contributed by atoms with Gasteiger partial charge < -0.3 is 10.0 Å². The summed E-state index contributed by atoms with van der Waals surface area (Å²) in [6.07, 6.45) is 3.16. The van der Waals surface area contributed by atoms with Crippen LogP contribution in [0.3, 0.4) is 0 Å². The van der Waals surface area contributed by atoms with Crippen molar-refractivity contribution in [3.8, 4) is 0 Å². The second-order valence-electron chi connectivity index (χ2n) is 7.27. The van der Waals surface area contributed by atoms with E-state index in [0.29, 0.717) is 0 Å². The highest BCUT2D eigenvalue weighted by atomic mass is 16.3. The van der Waals surface area contributed by atoms with Crippen molar-refractivity contribution in [2.24, 2.45) is 5.92 Å². The van der Waals surface area contributed by atoms with Crippen LogP contribution in [-0.2, 0) is 4.79 Å². The highest BCUT2D eigenvalue weighted by molar-refractivity contribution is 5.83. The van der Waals surface area contributed by atoms with Crippen LogP contribution < -0.4 is 0 Å². The van der Waals surface area contributed by atoms with Crippen LogP contribution in [0.5, 0.6) is 0 Å². The van der Waals surface area contributed by atoms with Crippen LogP contribution in [0.15, 0.2) is 60.7 Å². The van der Waals surface area contributed by atoms with Crippen molar-refractivity contribution in [1.29, 1.82) is 0 Å². The molecule has 2 aromatic rings. The second-order valence-corrected chi connectivity index (χ2v) is 7.27. The van der Waals surface area contributed by atoms with Crippen molar-refractivity contribution >= 4 is 5.91 Å². The third kappa shape index (κ3) is 4.34. The molecule has 1 aliphatic rings. The van der Waals surface area contributed by atoms with Crippen LogP contribution in [0.25, 0.3) is 0 Å². The van der Waals surface area contributed by atoms with Crippen LogP contribution in [0.4, 0.5) is 0 Å². The van der Waals surface area contributed by atoms with Gasteiger partial charge in [0.05, 0.1) is 12.0 Å². The number of aliphatic hydroxyl groups excluding tert-OH is 1. The second kappa shape index (κ2) is 9.00. The normalized spacial score (nSPS) is 17.7. The summed E-state index contributed by atoms with van der Waals surface area (Å²) in [5.74, 6) is 0.422. The molecule has 26 heavy (non-hydrogen) atoms. The van der Waals surface area contributed by atoms with E-state index in [4.69, 9.17) is 0 Å². The van der Waals surface area contributed by atoms with Gasteiger partial charge in [0.1, 0.15) is 0 Å². The van der Waals surface area contributed by atoms with Gasteiger partial charge in [-0.3, -0.25) is 4.79 Å². The van der Waals surface area contributed by atoms with Crippen molar-refractivity contribution in [3.63, 3.8) is 0 Å². The summed E-state index contributed by atoms with van der Waals surface area (Å²) >= 11 is 0. The summed E-state index contributed by atoms with van der Waals surface area (Å²) in [7, 11) is 0. The van der Waals surface area contributed by atoms with E-state index in [2.05, 4.69) is 19.1 Å². The first kappa shape index (κ1) is 18.7. The molecule has 1 amide bonds. The minimum Gasteiger partial charge on any atom is -0.388 e. The maximum atomic E-state index is 13.1. The molecule has 1 aliphatic heterocycles. The Morgan fingerprint density at radius 2 is 1.54 bits per heavy atom. The van der Waals surface area contributed by atoms with Crippen LogP contribution in [0.1, 0.15) is 55.8 Å². The Hall–Kier alpha value is -2.13. The molecule has 0 bridgehead atoms. The Morgan fingerprint density at radius 3 is 2.08 bits per heavy atom. The van der Waals surface area contributed by atoms with Crippen LogP contribution in [0.2, 0.25) is 0 Å². The van der Waals surface area contributed by atoms with Crippen LogP contribution in [-0.4, -0.2) is 29.0 Å². The fraction of sp³-hybridized carbons (Fsp3) is 0.435. The van der Waals surface area contributed by atoms with Crippen molar-refractivity contribution < 1.29 is 9.90 Å². The standard InChI is InChI=1S/C23H29NO2/c1-2-9-21(18-10-5-3-6-11-18)23(26)24-16-14-20(15-17-24)22(25)19-12-7-4-8-13-19/h3-8,10-13,20-22,25H,2,9,14-17H2,1H3. The average Bonchev–Trinajstić information content (AvgIpc) is 2.72. The number of amides is 1. The van der Waals surface area contributed by atoms with Gasteiger partial charge in [0.2, 0.25) is 5.91 Å². The van der Waals surface area contributed by atoms with Crippen molar-refractivity contribution in [3.05, 3.63) is 71.8 Å². The van der Waals surface area contributed by atoms with Crippen molar-refractivity contribution in [2.75, 3.05) is 13.1 Å². The Morgan fingerprint density at radius 1 is 1.00 bits per heavy atom. The van der Waals surface area contributed by atoms with E-state index in [1.54, 1.807) is 0 Å². The van der Waals surface area contributed by atoms with Crippen LogP contribution >= 0.6 is 0 Å². The summed E-state index contributed by atoms with van der Waals surface area (Å²) in [6.45, 7) is 3.60. The summed E-state index contributed by atoms with van der Waals surface area (Å²) in [5.41, 5.74) is 2.09. The molecule has 3 nitrogen and oxygen atoms in total. The number of hydrogen-bond acceptors (Lipinski definition) is 2. The molecule has 1 heterocycles. The van der Waals surface area contributed by atoms with Gasteiger partial charge in [-0.1, -0.05) is 74.0 Å². The van der Waals surface area contributed by atoms with Gasteiger partial charge in [0, 0.05) is 13.1 Å². The number of nitrogens with zero attached hydrogens (tertiary/aromatic N) is 1. The number of likely N-dealkylation sites (tertiary alicyclic amines) is 1. The molecule has 138 valence electrons. The molecule has 1 saturated heterocycles. The largest absolute Gasteiger partial charge is 0.388 e. The van der Waals surface area contributed by atoms with Gasteiger partial charge in [0.25, 0.3) is 0 Å². The van der Waals surface area contributed by atoms with E-state index >= 15 is 0 Å². The maximum Gasteiger partial charge on any atom is 0.230 e. The third-order valence-electron chi connectivity index (χ3n) is 5.52. The molecule has 2 aromatic carbocycles. The zero-order chi connectivity index (χ0) is 18.4. The van der Waals surface area contributed by atoms with E-state index in [-0.39, 0.29) is 17.7 Å². The minimum absolute atomic E-state index is 0.0446. The molecule has 0 aliphatic carbocycles. The molecule has 2 unspecified atom stereocenters. The lowest BCUT2D eigenvalue weighted by Crippen LogP contribution is -2.42. The van der Waals surface area contributed by atoms with Gasteiger partial charge in [-0.05, 0) is 36.3 Å². The van der Waals surface area contributed by atoms with E-state index in [0.717, 1.165) is 49.9 Å². The summed E-state index contributed by atoms with van der Waals surface area (Å²) in [4.78, 5) is 15.1. The number of rotatable bonds is 6. The SMILES string of the molecule is CCCC(C(=O)N1CCC(C(O)c2ccccc2)CC1)c1ccccc1. The zero-order valence-electron chi connectivity index (χ0n) is 15.6. The van der Waals surface area contributed by atoms with Gasteiger partial charge in [-0.2, -0.15) is 0 Å². The molecule has 0 aromatic heterocycles. The summed E-state index contributed by atoms with van der Waals surface area (Å²) in [5, 5.41) is 10.6. The zero-order valence-corrected chi connectivity index (χ0v) is 15.6. The number of carbonyl (C=O) groups is 1. The molecule has 0 spiro atoms. The van der Waals surface area contributed by atoms with Gasteiger partial charge in [-0.15, -0.1) is 0 Å². The molecule has 0 radical (unpaired) electrons. The summed E-state index contributed by atoms with van der Waals surface area (Å²) < 4.78 is 0. The topological polar surface area (TPSA) is 40.5 Å². The van der Waals surface area contributed by atoms with E-state index in [1.165, 1.54) is 0 Å². The maximum absolute atomic E-state index is 13.1. The molecule has 3 rings (SSSR count). The fourth-order valence-corrected chi connectivity index (χ4v) is 3.99. The highest BCUT2D eigenvalue weighted by Crippen LogP contribution is 2.32. The lowest BCUT2D eigenvalue weighted by Gasteiger charge is -2.36. The first-order valence-electron chi connectivity index (χ1n) is 9.77.